The van der Waals surface area contributed by atoms with Gasteiger partial charge in [0.05, 0.1) is 28.7 Å². The van der Waals surface area contributed by atoms with E-state index in [1.165, 1.54) is 12.1 Å². The van der Waals surface area contributed by atoms with Crippen molar-refractivity contribution in [2.45, 2.75) is 39.3 Å². The summed E-state index contributed by atoms with van der Waals surface area (Å²) in [6.07, 6.45) is -0.629. The van der Waals surface area contributed by atoms with Crippen molar-refractivity contribution in [3.8, 4) is 0 Å². The van der Waals surface area contributed by atoms with Gasteiger partial charge < -0.3 is 15.7 Å². The number of nitrogens with one attached hydrogen (secondary N) is 2. The fourth-order valence-corrected chi connectivity index (χ4v) is 1.39. The first-order chi connectivity index (χ1) is 8.76. The second-order valence-electron chi connectivity index (χ2n) is 4.91. The molecule has 1 aromatic rings. The van der Waals surface area contributed by atoms with Crippen LogP contribution in [0.3, 0.4) is 0 Å². The Hall–Kier alpha value is -1.89. The molecule has 3 N–H and O–H groups in total. The van der Waals surface area contributed by atoms with Gasteiger partial charge in [0, 0.05) is 6.54 Å². The molecule has 0 saturated heterocycles. The van der Waals surface area contributed by atoms with Crippen molar-refractivity contribution in [2.24, 2.45) is 0 Å². The van der Waals surface area contributed by atoms with E-state index < -0.39 is 16.6 Å². The van der Waals surface area contributed by atoms with Crippen LogP contribution in [-0.2, 0) is 0 Å². The highest BCUT2D eigenvalue weighted by molar-refractivity contribution is 5.55. The molecular formula is C12H20N4O3. The van der Waals surface area contributed by atoms with Gasteiger partial charge in [-0.2, -0.15) is 0 Å². The molecule has 7 nitrogen and oxygen atoms in total. The summed E-state index contributed by atoms with van der Waals surface area (Å²) in [5.74, 6) is 0.789. The molecule has 0 fully saturated rings. The Morgan fingerprint density at radius 1 is 1.47 bits per heavy atom. The SMILES string of the molecule is CCNc1cc([N+](=O)[O-])cc(NC(C)(C)C(C)O)n1. The van der Waals surface area contributed by atoms with Crippen molar-refractivity contribution in [3.05, 3.63) is 22.2 Å². The maximum absolute atomic E-state index is 10.9. The van der Waals surface area contributed by atoms with Gasteiger partial charge in [-0.15, -0.1) is 0 Å². The summed E-state index contributed by atoms with van der Waals surface area (Å²) in [5.41, 5.74) is -0.680. The van der Waals surface area contributed by atoms with Crippen LogP contribution in [0.15, 0.2) is 12.1 Å². The smallest absolute Gasteiger partial charge is 0.276 e. The molecule has 0 radical (unpaired) electrons. The topological polar surface area (TPSA) is 100 Å². The van der Waals surface area contributed by atoms with E-state index in [1.54, 1.807) is 20.8 Å². The third-order valence-electron chi connectivity index (χ3n) is 2.87. The molecule has 0 spiro atoms. The van der Waals surface area contributed by atoms with E-state index in [2.05, 4.69) is 15.6 Å². The monoisotopic (exact) mass is 268 g/mol. The highest BCUT2D eigenvalue weighted by Gasteiger charge is 2.25. The van der Waals surface area contributed by atoms with Crippen LogP contribution < -0.4 is 10.6 Å². The van der Waals surface area contributed by atoms with Crippen molar-refractivity contribution in [3.63, 3.8) is 0 Å². The van der Waals surface area contributed by atoms with E-state index in [1.807, 2.05) is 6.92 Å². The molecule has 0 aromatic carbocycles. The standard InChI is InChI=1S/C12H20N4O3/c1-5-13-10-6-9(16(18)19)7-11(14-10)15-12(3,4)8(2)17/h6-8,17H,5H2,1-4H3,(H2,13,14,15). The lowest BCUT2D eigenvalue weighted by molar-refractivity contribution is -0.384. The van der Waals surface area contributed by atoms with Crippen LogP contribution in [0.2, 0.25) is 0 Å². The van der Waals surface area contributed by atoms with E-state index in [0.29, 0.717) is 18.2 Å². The van der Waals surface area contributed by atoms with E-state index in [0.717, 1.165) is 0 Å². The average Bonchev–Trinajstić information content (AvgIpc) is 2.28. The van der Waals surface area contributed by atoms with Gasteiger partial charge in [-0.3, -0.25) is 10.1 Å². The molecule has 0 aliphatic heterocycles. The van der Waals surface area contributed by atoms with Crippen LogP contribution in [0.1, 0.15) is 27.7 Å². The number of nitro groups is 1. The third kappa shape index (κ3) is 4.06. The molecular weight excluding hydrogens is 248 g/mol. The normalized spacial score (nSPS) is 12.9. The second kappa shape index (κ2) is 5.83. The van der Waals surface area contributed by atoms with Crippen molar-refractivity contribution >= 4 is 17.3 Å². The second-order valence-corrected chi connectivity index (χ2v) is 4.91. The molecule has 19 heavy (non-hydrogen) atoms. The molecule has 1 unspecified atom stereocenters. The quantitative estimate of drug-likeness (QED) is 0.539. The Morgan fingerprint density at radius 2 is 2.05 bits per heavy atom. The molecule has 7 heteroatoms. The number of aromatic nitrogens is 1. The average molecular weight is 268 g/mol. The molecule has 1 aromatic heterocycles. The molecule has 1 heterocycles. The summed E-state index contributed by atoms with van der Waals surface area (Å²) in [4.78, 5) is 14.6. The summed E-state index contributed by atoms with van der Waals surface area (Å²) >= 11 is 0. The van der Waals surface area contributed by atoms with Gasteiger partial charge in [0.15, 0.2) is 0 Å². The Labute approximate surface area is 112 Å². The molecule has 0 aliphatic carbocycles. The molecule has 0 saturated carbocycles. The van der Waals surface area contributed by atoms with Gasteiger partial charge in [0.1, 0.15) is 11.6 Å². The van der Waals surface area contributed by atoms with Crippen LogP contribution in [0.25, 0.3) is 0 Å². The Balaban J connectivity index is 3.09. The maximum atomic E-state index is 10.9. The predicted molar refractivity (Wildman–Crippen MR) is 74.4 cm³/mol. The molecule has 106 valence electrons. The highest BCUT2D eigenvalue weighted by Crippen LogP contribution is 2.24. The van der Waals surface area contributed by atoms with Crippen molar-refractivity contribution in [1.29, 1.82) is 0 Å². The zero-order chi connectivity index (χ0) is 14.6. The van der Waals surface area contributed by atoms with Gasteiger partial charge >= 0.3 is 0 Å². The van der Waals surface area contributed by atoms with Gasteiger partial charge in [-0.25, -0.2) is 4.98 Å². The van der Waals surface area contributed by atoms with Crippen molar-refractivity contribution in [1.82, 2.24) is 4.98 Å². The van der Waals surface area contributed by atoms with E-state index >= 15 is 0 Å². The molecule has 1 atom stereocenters. The van der Waals surface area contributed by atoms with Crippen LogP contribution in [0, 0.1) is 10.1 Å². The predicted octanol–water partition coefficient (Wildman–Crippen LogP) is 1.99. The minimum absolute atomic E-state index is 0.0464. The number of rotatable bonds is 6. The van der Waals surface area contributed by atoms with Gasteiger partial charge in [0.25, 0.3) is 5.69 Å². The van der Waals surface area contributed by atoms with Crippen LogP contribution in [0.4, 0.5) is 17.3 Å². The molecule has 0 bridgehead atoms. The van der Waals surface area contributed by atoms with Crippen LogP contribution >= 0.6 is 0 Å². The number of hydrogen-bond donors (Lipinski definition) is 3. The van der Waals surface area contributed by atoms with E-state index in [4.69, 9.17) is 0 Å². The number of anilines is 2. The lowest BCUT2D eigenvalue weighted by atomic mass is 9.99. The number of aliphatic hydroxyl groups is 1. The zero-order valence-electron chi connectivity index (χ0n) is 11.6. The number of aliphatic hydroxyl groups excluding tert-OH is 1. The van der Waals surface area contributed by atoms with Gasteiger partial charge in [0.2, 0.25) is 0 Å². The minimum Gasteiger partial charge on any atom is -0.391 e. The van der Waals surface area contributed by atoms with Crippen LogP contribution in [0.5, 0.6) is 0 Å². The third-order valence-corrected chi connectivity index (χ3v) is 2.87. The van der Waals surface area contributed by atoms with Crippen molar-refractivity contribution < 1.29 is 10.0 Å². The number of pyridine rings is 1. The Kier molecular flexibility index (Phi) is 4.66. The minimum atomic E-state index is -0.633. The first kappa shape index (κ1) is 15.2. The lowest BCUT2D eigenvalue weighted by Gasteiger charge is -2.30. The highest BCUT2D eigenvalue weighted by atomic mass is 16.6. The molecule has 0 aliphatic rings. The maximum Gasteiger partial charge on any atom is 0.276 e. The lowest BCUT2D eigenvalue weighted by Crippen LogP contribution is -2.42. The van der Waals surface area contributed by atoms with E-state index in [-0.39, 0.29) is 5.69 Å². The summed E-state index contributed by atoms with van der Waals surface area (Å²) in [6, 6.07) is 2.73. The largest absolute Gasteiger partial charge is 0.391 e. The number of hydrogen-bond acceptors (Lipinski definition) is 6. The zero-order valence-corrected chi connectivity index (χ0v) is 11.6. The number of nitrogens with zero attached hydrogens (tertiary/aromatic N) is 2. The Bertz CT molecular complexity index is 460. The summed E-state index contributed by atoms with van der Waals surface area (Å²) < 4.78 is 0. The first-order valence-corrected chi connectivity index (χ1v) is 6.13. The Morgan fingerprint density at radius 3 is 2.53 bits per heavy atom. The summed E-state index contributed by atoms with van der Waals surface area (Å²) in [7, 11) is 0. The fraction of sp³-hybridized carbons (Fsp3) is 0.583. The van der Waals surface area contributed by atoms with E-state index in [9.17, 15) is 15.2 Å². The van der Waals surface area contributed by atoms with Crippen molar-refractivity contribution in [2.75, 3.05) is 17.2 Å². The molecule has 0 amide bonds. The van der Waals surface area contributed by atoms with Gasteiger partial charge in [-0.05, 0) is 27.7 Å². The first-order valence-electron chi connectivity index (χ1n) is 6.13. The summed E-state index contributed by atoms with van der Waals surface area (Å²) in [6.45, 7) is 7.74. The van der Waals surface area contributed by atoms with Crippen LogP contribution in [-0.4, -0.2) is 33.2 Å². The fourth-order valence-electron chi connectivity index (χ4n) is 1.39. The molecule has 1 rings (SSSR count). The van der Waals surface area contributed by atoms with Gasteiger partial charge in [-0.1, -0.05) is 0 Å². The summed E-state index contributed by atoms with van der Waals surface area (Å²) in [5, 5.41) is 26.5.